The lowest BCUT2D eigenvalue weighted by atomic mass is 10.1. The molecule has 0 atom stereocenters. The third-order valence-corrected chi connectivity index (χ3v) is 4.72. The van der Waals surface area contributed by atoms with Crippen molar-refractivity contribution in [2.45, 2.75) is 6.92 Å². The summed E-state index contributed by atoms with van der Waals surface area (Å²) >= 11 is 11.9. The van der Waals surface area contributed by atoms with Crippen LogP contribution in [0.3, 0.4) is 0 Å². The molecule has 1 aliphatic heterocycles. The molecule has 0 aliphatic carbocycles. The van der Waals surface area contributed by atoms with Crippen molar-refractivity contribution in [2.75, 3.05) is 31.2 Å². The summed E-state index contributed by atoms with van der Waals surface area (Å²) in [6.45, 7) is 5.31. The maximum absolute atomic E-state index is 12.1. The Bertz CT molecular complexity index is 834. The second-order valence-corrected chi connectivity index (χ2v) is 6.81. The predicted octanol–water partition coefficient (Wildman–Crippen LogP) is 3.90. The number of hydrogen-bond donors (Lipinski definition) is 1. The smallest absolute Gasteiger partial charge is 0.272 e. The number of nitrogens with one attached hydrogen (secondary N) is 1. The molecule has 1 fully saturated rings. The van der Waals surface area contributed by atoms with Gasteiger partial charge in [-0.1, -0.05) is 29.3 Å². The minimum Gasteiger partial charge on any atom is -0.378 e. The first-order valence-electron chi connectivity index (χ1n) is 8.26. The molecule has 3 rings (SSSR count). The molecule has 0 aromatic heterocycles. The SMILES string of the molecule is Cc1cc(N2CCOCC2)ccc1/C=N\NC(=O)c1ccc(Cl)cc1Cl. The molecular formula is C19H19Cl2N3O2. The quantitative estimate of drug-likeness (QED) is 0.634. The summed E-state index contributed by atoms with van der Waals surface area (Å²) in [6.07, 6.45) is 1.63. The fourth-order valence-corrected chi connectivity index (χ4v) is 3.21. The summed E-state index contributed by atoms with van der Waals surface area (Å²) in [6, 6.07) is 10.9. The van der Waals surface area contributed by atoms with Crippen LogP contribution in [0.25, 0.3) is 0 Å². The summed E-state index contributed by atoms with van der Waals surface area (Å²) in [5, 5.41) is 4.80. The van der Waals surface area contributed by atoms with Gasteiger partial charge in [-0.3, -0.25) is 4.79 Å². The largest absolute Gasteiger partial charge is 0.378 e. The lowest BCUT2D eigenvalue weighted by molar-refractivity contribution is 0.0955. The number of ether oxygens (including phenoxy) is 1. The zero-order valence-corrected chi connectivity index (χ0v) is 15.8. The van der Waals surface area contributed by atoms with Crippen molar-refractivity contribution in [3.63, 3.8) is 0 Å². The van der Waals surface area contributed by atoms with Crippen LogP contribution in [0.4, 0.5) is 5.69 Å². The first-order valence-corrected chi connectivity index (χ1v) is 9.02. The summed E-state index contributed by atoms with van der Waals surface area (Å²) < 4.78 is 5.38. The van der Waals surface area contributed by atoms with Gasteiger partial charge in [0.15, 0.2) is 0 Å². The number of rotatable bonds is 4. The van der Waals surface area contributed by atoms with Gasteiger partial charge < -0.3 is 9.64 Å². The molecular weight excluding hydrogens is 373 g/mol. The van der Waals surface area contributed by atoms with Crippen molar-refractivity contribution in [3.8, 4) is 0 Å². The van der Waals surface area contributed by atoms with Gasteiger partial charge in [0.1, 0.15) is 0 Å². The van der Waals surface area contributed by atoms with Crippen LogP contribution in [-0.2, 0) is 4.74 Å². The van der Waals surface area contributed by atoms with Gasteiger partial charge in [-0.15, -0.1) is 0 Å². The third-order valence-electron chi connectivity index (χ3n) is 4.18. The van der Waals surface area contributed by atoms with Gasteiger partial charge in [-0.05, 0) is 48.4 Å². The fourth-order valence-electron chi connectivity index (χ4n) is 2.72. The minimum absolute atomic E-state index is 0.288. The Morgan fingerprint density at radius 3 is 2.65 bits per heavy atom. The van der Waals surface area contributed by atoms with Gasteiger partial charge in [0.25, 0.3) is 5.91 Å². The van der Waals surface area contributed by atoms with E-state index in [0.29, 0.717) is 10.6 Å². The molecule has 0 saturated carbocycles. The average Bonchev–Trinajstić information content (AvgIpc) is 2.63. The van der Waals surface area contributed by atoms with Gasteiger partial charge in [0.05, 0.1) is 30.0 Å². The zero-order chi connectivity index (χ0) is 18.5. The summed E-state index contributed by atoms with van der Waals surface area (Å²) in [7, 11) is 0. The summed E-state index contributed by atoms with van der Waals surface area (Å²) in [5.74, 6) is -0.384. The van der Waals surface area contributed by atoms with E-state index in [-0.39, 0.29) is 10.9 Å². The third kappa shape index (κ3) is 4.55. The summed E-state index contributed by atoms with van der Waals surface area (Å²) in [5.41, 5.74) is 6.00. The van der Waals surface area contributed by atoms with E-state index < -0.39 is 0 Å². The van der Waals surface area contributed by atoms with Gasteiger partial charge >= 0.3 is 0 Å². The zero-order valence-electron chi connectivity index (χ0n) is 14.3. The van der Waals surface area contributed by atoms with Crippen LogP contribution < -0.4 is 10.3 Å². The highest BCUT2D eigenvalue weighted by molar-refractivity contribution is 6.36. The highest BCUT2D eigenvalue weighted by Crippen LogP contribution is 2.21. The van der Waals surface area contributed by atoms with E-state index >= 15 is 0 Å². The van der Waals surface area contributed by atoms with Crippen LogP contribution in [-0.4, -0.2) is 38.4 Å². The first-order chi connectivity index (χ1) is 12.5. The number of hydrazone groups is 1. The second kappa shape index (κ2) is 8.54. The Kier molecular flexibility index (Phi) is 6.14. The number of benzene rings is 2. The number of anilines is 1. The number of carbonyl (C=O) groups excluding carboxylic acids is 1. The van der Waals surface area contributed by atoms with Gasteiger partial charge in [0, 0.05) is 23.8 Å². The van der Waals surface area contributed by atoms with Crippen molar-refractivity contribution in [2.24, 2.45) is 5.10 Å². The molecule has 1 N–H and O–H groups in total. The standard InChI is InChI=1S/C19H19Cl2N3O2/c1-13-10-16(24-6-8-26-9-7-24)4-2-14(13)12-22-23-19(25)17-5-3-15(20)11-18(17)21/h2-5,10-12H,6-9H2,1H3,(H,23,25)/b22-12-. The van der Waals surface area contributed by atoms with Gasteiger partial charge in [-0.2, -0.15) is 5.10 Å². The van der Waals surface area contributed by atoms with Crippen LogP contribution >= 0.6 is 23.2 Å². The molecule has 0 unspecified atom stereocenters. The second-order valence-electron chi connectivity index (χ2n) is 5.96. The monoisotopic (exact) mass is 391 g/mol. The molecule has 136 valence electrons. The van der Waals surface area contributed by atoms with Crippen molar-refractivity contribution in [3.05, 3.63) is 63.1 Å². The molecule has 7 heteroatoms. The molecule has 2 aromatic carbocycles. The summed E-state index contributed by atoms with van der Waals surface area (Å²) in [4.78, 5) is 14.4. The Morgan fingerprint density at radius 1 is 1.19 bits per heavy atom. The van der Waals surface area contributed by atoms with E-state index in [1.807, 2.05) is 13.0 Å². The number of morpholine rings is 1. The molecule has 1 aliphatic rings. The molecule has 5 nitrogen and oxygen atoms in total. The Hall–Kier alpha value is -2.08. The predicted molar refractivity (Wildman–Crippen MR) is 106 cm³/mol. The normalized spacial score (nSPS) is 14.7. The molecule has 1 heterocycles. The van der Waals surface area contributed by atoms with Crippen molar-refractivity contribution in [1.82, 2.24) is 5.43 Å². The van der Waals surface area contributed by atoms with Gasteiger partial charge in [-0.25, -0.2) is 5.43 Å². The van der Waals surface area contributed by atoms with E-state index in [9.17, 15) is 4.79 Å². The number of hydrogen-bond acceptors (Lipinski definition) is 4. The van der Waals surface area contributed by atoms with Crippen LogP contribution in [0, 0.1) is 6.92 Å². The van der Waals surface area contributed by atoms with Crippen molar-refractivity contribution >= 4 is 41.0 Å². The van der Waals surface area contributed by atoms with Gasteiger partial charge in [0.2, 0.25) is 0 Å². The maximum Gasteiger partial charge on any atom is 0.272 e. The van der Waals surface area contributed by atoms with Crippen LogP contribution in [0.5, 0.6) is 0 Å². The number of carbonyl (C=O) groups is 1. The Morgan fingerprint density at radius 2 is 1.96 bits per heavy atom. The van der Waals surface area contributed by atoms with E-state index in [2.05, 4.69) is 27.6 Å². The number of nitrogens with zero attached hydrogens (tertiary/aromatic N) is 2. The first kappa shape index (κ1) is 18.7. The highest BCUT2D eigenvalue weighted by atomic mass is 35.5. The van der Waals surface area contributed by atoms with E-state index in [1.165, 1.54) is 11.8 Å². The molecule has 1 saturated heterocycles. The molecule has 0 spiro atoms. The topological polar surface area (TPSA) is 53.9 Å². The number of halogens is 2. The molecule has 26 heavy (non-hydrogen) atoms. The Balaban J connectivity index is 1.65. The molecule has 2 aromatic rings. The number of amides is 1. The fraction of sp³-hybridized carbons (Fsp3) is 0.263. The maximum atomic E-state index is 12.1. The lowest BCUT2D eigenvalue weighted by Gasteiger charge is -2.29. The van der Waals surface area contributed by atoms with E-state index in [1.54, 1.807) is 18.3 Å². The number of aryl methyl sites for hydroxylation is 1. The Labute approximate surface area is 162 Å². The van der Waals surface area contributed by atoms with Crippen LogP contribution in [0.15, 0.2) is 41.5 Å². The van der Waals surface area contributed by atoms with Crippen molar-refractivity contribution in [1.29, 1.82) is 0 Å². The lowest BCUT2D eigenvalue weighted by Crippen LogP contribution is -2.36. The van der Waals surface area contributed by atoms with E-state index in [4.69, 9.17) is 27.9 Å². The highest BCUT2D eigenvalue weighted by Gasteiger charge is 2.12. The van der Waals surface area contributed by atoms with E-state index in [0.717, 1.165) is 37.4 Å². The molecule has 1 amide bonds. The molecule has 0 bridgehead atoms. The molecule has 0 radical (unpaired) electrons. The van der Waals surface area contributed by atoms with Crippen LogP contribution in [0.1, 0.15) is 21.5 Å². The van der Waals surface area contributed by atoms with Crippen LogP contribution in [0.2, 0.25) is 10.0 Å². The van der Waals surface area contributed by atoms with Crippen molar-refractivity contribution < 1.29 is 9.53 Å². The average molecular weight is 392 g/mol. The minimum atomic E-state index is -0.384.